The van der Waals surface area contributed by atoms with Crippen LogP contribution in [-0.4, -0.2) is 40.3 Å². The summed E-state index contributed by atoms with van der Waals surface area (Å²) in [5, 5.41) is 13.0. The first kappa shape index (κ1) is 11.9. The van der Waals surface area contributed by atoms with Gasteiger partial charge in [0.1, 0.15) is 11.6 Å². The minimum atomic E-state index is -0.641. The number of nitrogens with one attached hydrogen (secondary N) is 1. The van der Waals surface area contributed by atoms with Crippen LogP contribution in [0.4, 0.5) is 17.6 Å². The topological polar surface area (TPSA) is 87.3 Å². The fraction of sp³-hybridized carbons (Fsp3) is 0.636. The molecule has 1 saturated heterocycles. The van der Waals surface area contributed by atoms with E-state index in [9.17, 15) is 5.11 Å². The van der Waals surface area contributed by atoms with E-state index in [0.717, 1.165) is 31.1 Å². The quantitative estimate of drug-likeness (QED) is 0.707. The monoisotopic (exact) mass is 237 g/mol. The lowest BCUT2D eigenvalue weighted by molar-refractivity contribution is 0.0839. The largest absolute Gasteiger partial charge is 0.388 e. The van der Waals surface area contributed by atoms with Gasteiger partial charge in [-0.25, -0.2) is 0 Å². The van der Waals surface area contributed by atoms with Gasteiger partial charge in [0.2, 0.25) is 5.95 Å². The van der Waals surface area contributed by atoms with Gasteiger partial charge >= 0.3 is 0 Å². The molecule has 1 aromatic rings. The number of nitrogens with zero attached hydrogens (tertiary/aromatic N) is 3. The molecule has 0 radical (unpaired) electrons. The molecule has 1 aliphatic rings. The van der Waals surface area contributed by atoms with Crippen molar-refractivity contribution in [2.24, 2.45) is 0 Å². The highest BCUT2D eigenvalue weighted by Gasteiger charge is 2.32. The fourth-order valence-electron chi connectivity index (χ4n) is 2.03. The third-order valence-electron chi connectivity index (χ3n) is 2.86. The van der Waals surface area contributed by atoms with Crippen molar-refractivity contribution in [3.8, 4) is 0 Å². The number of hydrogen-bond donors (Lipinski definition) is 3. The smallest absolute Gasteiger partial charge is 0.223 e. The maximum atomic E-state index is 9.94. The van der Waals surface area contributed by atoms with Crippen LogP contribution < -0.4 is 16.0 Å². The summed E-state index contributed by atoms with van der Waals surface area (Å²) in [6, 6.07) is 1.86. The first-order valence-electron chi connectivity index (χ1n) is 5.86. The van der Waals surface area contributed by atoms with Crippen LogP contribution in [-0.2, 0) is 0 Å². The molecule has 1 atom stereocenters. The predicted octanol–water partition coefficient (Wildman–Crippen LogP) is 0.452. The molecule has 2 heterocycles. The Balaban J connectivity index is 2.21. The van der Waals surface area contributed by atoms with Gasteiger partial charge in [-0.2, -0.15) is 9.97 Å². The summed E-state index contributed by atoms with van der Waals surface area (Å²) < 4.78 is 0. The number of β-amino-alcohol motifs (C(OH)–C–C–N with tert-alkyl or cyclic N) is 1. The first-order chi connectivity index (χ1) is 8.00. The lowest BCUT2D eigenvalue weighted by Gasteiger charge is -2.20. The van der Waals surface area contributed by atoms with Crippen molar-refractivity contribution in [2.45, 2.75) is 25.9 Å². The molecule has 6 heteroatoms. The lowest BCUT2D eigenvalue weighted by atomic mass is 10.1. The Labute approximate surface area is 101 Å². The predicted molar refractivity (Wildman–Crippen MR) is 68.1 cm³/mol. The molecule has 6 nitrogen and oxygen atoms in total. The third-order valence-corrected chi connectivity index (χ3v) is 2.86. The van der Waals surface area contributed by atoms with Gasteiger partial charge in [-0.1, -0.05) is 0 Å². The minimum absolute atomic E-state index is 0.255. The van der Waals surface area contributed by atoms with Crippen molar-refractivity contribution < 1.29 is 5.11 Å². The lowest BCUT2D eigenvalue weighted by Crippen LogP contribution is -2.30. The Kier molecular flexibility index (Phi) is 3.06. The number of nitrogen functional groups attached to an aromatic ring is 1. The van der Waals surface area contributed by atoms with E-state index in [1.54, 1.807) is 0 Å². The maximum absolute atomic E-state index is 9.94. The molecule has 4 N–H and O–H groups in total. The Morgan fingerprint density at radius 1 is 1.59 bits per heavy atom. The summed E-state index contributed by atoms with van der Waals surface area (Å²) in [6.45, 7) is 5.99. The summed E-state index contributed by atoms with van der Waals surface area (Å²) in [6.07, 6.45) is 0.743. The highest BCUT2D eigenvalue weighted by molar-refractivity contribution is 5.53. The second-order valence-electron chi connectivity index (χ2n) is 4.67. The van der Waals surface area contributed by atoms with E-state index in [1.807, 2.05) is 24.8 Å². The number of aliphatic hydroxyl groups is 1. The standard InChI is InChI=1S/C11H19N5O/c1-3-13-8-6-9(15-10(12)14-8)16-5-4-11(2,17)7-16/h6,17H,3-5,7H2,1-2H3,(H3,12,13,14,15). The van der Waals surface area contributed by atoms with E-state index in [2.05, 4.69) is 15.3 Å². The second kappa shape index (κ2) is 4.37. The van der Waals surface area contributed by atoms with Gasteiger partial charge < -0.3 is 21.1 Å². The van der Waals surface area contributed by atoms with Crippen LogP contribution in [0.1, 0.15) is 20.3 Å². The van der Waals surface area contributed by atoms with Crippen molar-refractivity contribution in [3.05, 3.63) is 6.07 Å². The zero-order valence-electron chi connectivity index (χ0n) is 10.3. The molecule has 1 aromatic heterocycles. The van der Waals surface area contributed by atoms with Crippen molar-refractivity contribution in [1.29, 1.82) is 0 Å². The van der Waals surface area contributed by atoms with Gasteiger partial charge in [0.05, 0.1) is 5.60 Å². The number of aromatic nitrogens is 2. The molecule has 1 aliphatic heterocycles. The summed E-state index contributed by atoms with van der Waals surface area (Å²) in [5.74, 6) is 1.75. The van der Waals surface area contributed by atoms with E-state index < -0.39 is 5.60 Å². The average molecular weight is 237 g/mol. The van der Waals surface area contributed by atoms with E-state index in [4.69, 9.17) is 5.73 Å². The highest BCUT2D eigenvalue weighted by Crippen LogP contribution is 2.26. The van der Waals surface area contributed by atoms with Crippen LogP contribution in [0.3, 0.4) is 0 Å². The van der Waals surface area contributed by atoms with E-state index in [0.29, 0.717) is 6.54 Å². The third kappa shape index (κ3) is 2.76. The van der Waals surface area contributed by atoms with Crippen LogP contribution in [0.25, 0.3) is 0 Å². The Hall–Kier alpha value is -1.56. The molecule has 94 valence electrons. The average Bonchev–Trinajstić information content (AvgIpc) is 2.58. The molecular formula is C11H19N5O. The van der Waals surface area contributed by atoms with Gasteiger partial charge in [-0.05, 0) is 20.3 Å². The summed E-state index contributed by atoms with van der Waals surface area (Å²) in [5.41, 5.74) is 5.03. The van der Waals surface area contributed by atoms with Crippen LogP contribution in [0.5, 0.6) is 0 Å². The molecule has 0 aromatic carbocycles. The Morgan fingerprint density at radius 2 is 2.35 bits per heavy atom. The number of nitrogens with two attached hydrogens (primary N) is 1. The van der Waals surface area contributed by atoms with Gasteiger partial charge in [0, 0.05) is 25.7 Å². The van der Waals surface area contributed by atoms with Crippen molar-refractivity contribution in [2.75, 3.05) is 35.6 Å². The summed E-state index contributed by atoms with van der Waals surface area (Å²) >= 11 is 0. The van der Waals surface area contributed by atoms with E-state index in [-0.39, 0.29) is 5.95 Å². The van der Waals surface area contributed by atoms with Gasteiger partial charge in [-0.3, -0.25) is 0 Å². The molecular weight excluding hydrogens is 218 g/mol. The number of anilines is 3. The molecule has 17 heavy (non-hydrogen) atoms. The summed E-state index contributed by atoms with van der Waals surface area (Å²) in [7, 11) is 0. The van der Waals surface area contributed by atoms with Gasteiger partial charge in [-0.15, -0.1) is 0 Å². The zero-order chi connectivity index (χ0) is 12.5. The molecule has 0 amide bonds. The SMILES string of the molecule is CCNc1cc(N2CCC(C)(O)C2)nc(N)n1. The van der Waals surface area contributed by atoms with Crippen LogP contribution in [0.2, 0.25) is 0 Å². The molecule has 0 aliphatic carbocycles. The van der Waals surface area contributed by atoms with Crippen molar-refractivity contribution >= 4 is 17.6 Å². The van der Waals surface area contributed by atoms with Crippen molar-refractivity contribution in [1.82, 2.24) is 9.97 Å². The first-order valence-corrected chi connectivity index (χ1v) is 5.86. The number of hydrogen-bond acceptors (Lipinski definition) is 6. The Morgan fingerprint density at radius 3 is 2.94 bits per heavy atom. The molecule has 0 spiro atoms. The maximum Gasteiger partial charge on any atom is 0.223 e. The van der Waals surface area contributed by atoms with E-state index >= 15 is 0 Å². The van der Waals surface area contributed by atoms with Crippen LogP contribution in [0, 0.1) is 0 Å². The normalized spacial score (nSPS) is 24.1. The van der Waals surface area contributed by atoms with Crippen LogP contribution >= 0.6 is 0 Å². The van der Waals surface area contributed by atoms with Crippen LogP contribution in [0.15, 0.2) is 6.07 Å². The molecule has 0 saturated carbocycles. The van der Waals surface area contributed by atoms with E-state index in [1.165, 1.54) is 0 Å². The second-order valence-corrected chi connectivity index (χ2v) is 4.67. The molecule has 2 rings (SSSR count). The molecule has 1 fully saturated rings. The minimum Gasteiger partial charge on any atom is -0.388 e. The Bertz CT molecular complexity index is 407. The van der Waals surface area contributed by atoms with Gasteiger partial charge in [0.25, 0.3) is 0 Å². The zero-order valence-corrected chi connectivity index (χ0v) is 10.3. The molecule has 0 bridgehead atoms. The fourth-order valence-corrected chi connectivity index (χ4v) is 2.03. The van der Waals surface area contributed by atoms with Gasteiger partial charge in [0.15, 0.2) is 0 Å². The summed E-state index contributed by atoms with van der Waals surface area (Å²) in [4.78, 5) is 10.3. The number of rotatable bonds is 3. The van der Waals surface area contributed by atoms with Crippen molar-refractivity contribution in [3.63, 3.8) is 0 Å². The highest BCUT2D eigenvalue weighted by atomic mass is 16.3. The molecule has 1 unspecified atom stereocenters.